The molecule has 0 aliphatic carbocycles. The van der Waals surface area contributed by atoms with Crippen LogP contribution in [0, 0.1) is 6.92 Å². The number of hydrogen-bond donors (Lipinski definition) is 1. The first-order valence-electron chi connectivity index (χ1n) is 7.28. The van der Waals surface area contributed by atoms with Crippen molar-refractivity contribution in [1.29, 1.82) is 0 Å². The topological polar surface area (TPSA) is 50.3 Å². The summed E-state index contributed by atoms with van der Waals surface area (Å²) in [6.07, 6.45) is 1.20. The maximum Gasteiger partial charge on any atom is 0.137 e. The van der Waals surface area contributed by atoms with E-state index in [2.05, 4.69) is 28.7 Å². The van der Waals surface area contributed by atoms with Crippen LogP contribution >= 0.6 is 12.2 Å². The Morgan fingerprint density at radius 1 is 1.35 bits per heavy atom. The molecule has 1 saturated heterocycles. The number of rotatable bonds is 4. The minimum absolute atomic E-state index is 0.440. The van der Waals surface area contributed by atoms with Crippen molar-refractivity contribution >= 4 is 23.0 Å². The first-order valence-corrected chi connectivity index (χ1v) is 7.68. The van der Waals surface area contributed by atoms with E-state index < -0.39 is 0 Å². The minimum atomic E-state index is 0.440. The van der Waals surface area contributed by atoms with Gasteiger partial charge in [-0.3, -0.25) is 9.58 Å². The molecular weight excluding hydrogens is 270 g/mol. The molecular formula is C14H25N5S. The van der Waals surface area contributed by atoms with Gasteiger partial charge in [0, 0.05) is 39.3 Å². The van der Waals surface area contributed by atoms with Gasteiger partial charge in [0.2, 0.25) is 0 Å². The van der Waals surface area contributed by atoms with Crippen molar-refractivity contribution in [3.8, 4) is 0 Å². The first-order chi connectivity index (χ1) is 9.45. The standard InChI is InChI=1S/C14H25N5S/c1-5-10(2)18-6-8-19(9-7-18)14-12(13(15)20)11(3)16-17(14)4/h10H,5-9H2,1-4H3,(H2,15,20). The molecule has 1 fully saturated rings. The largest absolute Gasteiger partial charge is 0.389 e. The maximum atomic E-state index is 5.87. The zero-order valence-corrected chi connectivity index (χ0v) is 13.7. The van der Waals surface area contributed by atoms with Gasteiger partial charge in [0.25, 0.3) is 0 Å². The predicted molar refractivity (Wildman–Crippen MR) is 87.4 cm³/mol. The maximum absolute atomic E-state index is 5.87. The highest BCUT2D eigenvalue weighted by atomic mass is 32.1. The highest BCUT2D eigenvalue weighted by Crippen LogP contribution is 2.24. The highest BCUT2D eigenvalue weighted by molar-refractivity contribution is 7.80. The summed E-state index contributed by atoms with van der Waals surface area (Å²) in [4.78, 5) is 5.34. The molecule has 0 aromatic carbocycles. The Kier molecular flexibility index (Phi) is 4.65. The van der Waals surface area contributed by atoms with Crippen LogP contribution in [-0.2, 0) is 7.05 Å². The molecule has 1 atom stereocenters. The number of piperazine rings is 1. The SMILES string of the molecule is CCC(C)N1CCN(c2c(C(N)=S)c(C)nn2C)CC1. The van der Waals surface area contributed by atoms with E-state index in [1.165, 1.54) is 6.42 Å². The fraction of sp³-hybridized carbons (Fsp3) is 0.714. The van der Waals surface area contributed by atoms with E-state index in [-0.39, 0.29) is 0 Å². The van der Waals surface area contributed by atoms with Crippen molar-refractivity contribution in [2.24, 2.45) is 12.8 Å². The van der Waals surface area contributed by atoms with Crippen LogP contribution in [0.25, 0.3) is 0 Å². The molecule has 5 nitrogen and oxygen atoms in total. The Labute approximate surface area is 126 Å². The summed E-state index contributed by atoms with van der Waals surface area (Å²) in [5, 5.41) is 4.47. The molecule has 0 saturated carbocycles. The van der Waals surface area contributed by atoms with Crippen molar-refractivity contribution < 1.29 is 0 Å². The van der Waals surface area contributed by atoms with Gasteiger partial charge in [-0.1, -0.05) is 19.1 Å². The van der Waals surface area contributed by atoms with E-state index in [4.69, 9.17) is 18.0 Å². The average Bonchev–Trinajstić information content (AvgIpc) is 2.72. The van der Waals surface area contributed by atoms with Crippen LogP contribution in [0.5, 0.6) is 0 Å². The highest BCUT2D eigenvalue weighted by Gasteiger charge is 2.26. The van der Waals surface area contributed by atoms with Gasteiger partial charge < -0.3 is 10.6 Å². The van der Waals surface area contributed by atoms with E-state index in [0.29, 0.717) is 11.0 Å². The molecule has 1 aliphatic heterocycles. The molecule has 1 unspecified atom stereocenters. The molecule has 20 heavy (non-hydrogen) atoms. The van der Waals surface area contributed by atoms with E-state index in [1.807, 2.05) is 18.7 Å². The first kappa shape index (κ1) is 15.3. The van der Waals surface area contributed by atoms with Crippen molar-refractivity contribution in [3.63, 3.8) is 0 Å². The molecule has 0 bridgehead atoms. The molecule has 2 heterocycles. The zero-order chi connectivity index (χ0) is 14.9. The van der Waals surface area contributed by atoms with Gasteiger partial charge in [-0.15, -0.1) is 0 Å². The zero-order valence-electron chi connectivity index (χ0n) is 12.9. The number of aromatic nitrogens is 2. The number of anilines is 1. The third-order valence-electron chi connectivity index (χ3n) is 4.27. The fourth-order valence-electron chi connectivity index (χ4n) is 2.93. The fourth-order valence-corrected chi connectivity index (χ4v) is 3.17. The Balaban J connectivity index is 2.17. The molecule has 1 aromatic heterocycles. The van der Waals surface area contributed by atoms with Crippen LogP contribution in [0.4, 0.5) is 5.82 Å². The lowest BCUT2D eigenvalue weighted by atomic mass is 10.1. The van der Waals surface area contributed by atoms with Gasteiger partial charge in [-0.2, -0.15) is 5.10 Å². The van der Waals surface area contributed by atoms with E-state index in [1.54, 1.807) is 0 Å². The van der Waals surface area contributed by atoms with Gasteiger partial charge >= 0.3 is 0 Å². The van der Waals surface area contributed by atoms with Crippen LogP contribution in [0.2, 0.25) is 0 Å². The predicted octanol–water partition coefficient (Wildman–Crippen LogP) is 1.28. The smallest absolute Gasteiger partial charge is 0.137 e. The molecule has 0 radical (unpaired) electrons. The van der Waals surface area contributed by atoms with Gasteiger partial charge in [0.15, 0.2) is 0 Å². The third kappa shape index (κ3) is 2.81. The summed E-state index contributed by atoms with van der Waals surface area (Å²) in [6, 6.07) is 0.653. The van der Waals surface area contributed by atoms with Crippen LogP contribution in [0.3, 0.4) is 0 Å². The third-order valence-corrected chi connectivity index (χ3v) is 4.47. The number of nitrogens with zero attached hydrogens (tertiary/aromatic N) is 4. The normalized spacial score (nSPS) is 18.3. The summed E-state index contributed by atoms with van der Waals surface area (Å²) in [7, 11) is 1.96. The van der Waals surface area contributed by atoms with E-state index in [0.717, 1.165) is 43.3 Å². The summed E-state index contributed by atoms with van der Waals surface area (Å²) in [5.41, 5.74) is 7.72. The molecule has 1 aliphatic rings. The molecule has 112 valence electrons. The monoisotopic (exact) mass is 295 g/mol. The summed E-state index contributed by atoms with van der Waals surface area (Å²) in [5.74, 6) is 1.07. The van der Waals surface area contributed by atoms with Crippen LogP contribution in [0.1, 0.15) is 31.5 Å². The quantitative estimate of drug-likeness (QED) is 0.848. The number of aryl methyl sites for hydroxylation is 2. The van der Waals surface area contributed by atoms with Crippen LogP contribution in [0.15, 0.2) is 0 Å². The molecule has 2 N–H and O–H groups in total. The lowest BCUT2D eigenvalue weighted by molar-refractivity contribution is 0.192. The summed E-state index contributed by atoms with van der Waals surface area (Å²) >= 11 is 5.19. The molecule has 1 aromatic rings. The summed E-state index contributed by atoms with van der Waals surface area (Å²) < 4.78 is 1.91. The van der Waals surface area contributed by atoms with Gasteiger partial charge in [-0.05, 0) is 20.3 Å². The van der Waals surface area contributed by atoms with Crippen molar-refractivity contribution in [3.05, 3.63) is 11.3 Å². The number of hydrogen-bond acceptors (Lipinski definition) is 4. The van der Waals surface area contributed by atoms with Crippen molar-refractivity contribution in [2.75, 3.05) is 31.1 Å². The van der Waals surface area contributed by atoms with Crippen molar-refractivity contribution in [2.45, 2.75) is 33.2 Å². The van der Waals surface area contributed by atoms with Crippen LogP contribution in [-0.4, -0.2) is 51.9 Å². The van der Waals surface area contributed by atoms with E-state index >= 15 is 0 Å². The molecule has 2 rings (SSSR count). The number of thiocarbonyl (C=S) groups is 1. The Bertz CT molecular complexity index is 488. The molecule has 0 spiro atoms. The van der Waals surface area contributed by atoms with Gasteiger partial charge in [-0.25, -0.2) is 0 Å². The Morgan fingerprint density at radius 2 is 1.95 bits per heavy atom. The lowest BCUT2D eigenvalue weighted by Crippen LogP contribution is -2.50. The van der Waals surface area contributed by atoms with Crippen molar-refractivity contribution in [1.82, 2.24) is 14.7 Å². The molecule has 0 amide bonds. The molecule has 6 heteroatoms. The number of nitrogens with two attached hydrogens (primary N) is 1. The van der Waals surface area contributed by atoms with Gasteiger partial charge in [0.05, 0.1) is 11.3 Å². The second kappa shape index (κ2) is 6.10. The Morgan fingerprint density at radius 3 is 2.45 bits per heavy atom. The van der Waals surface area contributed by atoms with Gasteiger partial charge in [0.1, 0.15) is 10.8 Å². The lowest BCUT2D eigenvalue weighted by Gasteiger charge is -2.39. The average molecular weight is 295 g/mol. The summed E-state index contributed by atoms with van der Waals surface area (Å²) in [6.45, 7) is 10.7. The van der Waals surface area contributed by atoms with E-state index in [9.17, 15) is 0 Å². The Hall–Kier alpha value is -1.14. The van der Waals surface area contributed by atoms with Crippen LogP contribution < -0.4 is 10.6 Å². The minimum Gasteiger partial charge on any atom is -0.389 e. The second-order valence-corrected chi connectivity index (χ2v) is 5.99. The second-order valence-electron chi connectivity index (χ2n) is 5.55.